The molecule has 0 fully saturated rings. The molecule has 0 aliphatic rings. The van der Waals surface area contributed by atoms with Crippen molar-refractivity contribution >= 4 is 11.9 Å². The Morgan fingerprint density at radius 1 is 1.10 bits per heavy atom. The zero-order valence-corrected chi connectivity index (χ0v) is 12.8. The molecule has 1 aromatic rings. The van der Waals surface area contributed by atoms with Gasteiger partial charge in [-0.05, 0) is 51.0 Å². The quantitative estimate of drug-likeness (QED) is 0.545. The van der Waals surface area contributed by atoms with Crippen LogP contribution in [0, 0.1) is 6.92 Å². The fraction of sp³-hybridized carbons (Fsp3) is 0.500. The fourth-order valence-corrected chi connectivity index (χ4v) is 1.78. The lowest BCUT2D eigenvalue weighted by Crippen LogP contribution is -2.08. The van der Waals surface area contributed by atoms with Crippen LogP contribution in [0.4, 0.5) is 0 Å². The molecule has 21 heavy (non-hydrogen) atoms. The molecule has 0 aromatic heterocycles. The van der Waals surface area contributed by atoms with Crippen LogP contribution in [0.1, 0.15) is 42.6 Å². The number of aryl methyl sites for hydroxylation is 1. The number of esters is 2. The van der Waals surface area contributed by atoms with Gasteiger partial charge in [-0.15, -0.1) is 0 Å². The standard InChI is InChI=1S/C16H22O5/c1-4-19-15(17)7-6-10-21-14-9-8-13(11-12(14)3)16(18)20-5-2/h8-9,11H,4-7,10H2,1-3H3. The van der Waals surface area contributed by atoms with Crippen molar-refractivity contribution in [3.8, 4) is 5.75 Å². The second-order valence-corrected chi connectivity index (χ2v) is 4.46. The van der Waals surface area contributed by atoms with Crippen molar-refractivity contribution in [3.63, 3.8) is 0 Å². The number of rotatable bonds is 8. The molecule has 0 amide bonds. The Balaban J connectivity index is 2.46. The van der Waals surface area contributed by atoms with Gasteiger partial charge in [-0.25, -0.2) is 4.79 Å². The average Bonchev–Trinajstić information content (AvgIpc) is 2.45. The van der Waals surface area contributed by atoms with E-state index in [1.165, 1.54) is 0 Å². The molecule has 0 aliphatic heterocycles. The van der Waals surface area contributed by atoms with E-state index in [0.29, 0.717) is 44.0 Å². The van der Waals surface area contributed by atoms with Gasteiger partial charge in [-0.1, -0.05) is 0 Å². The van der Waals surface area contributed by atoms with E-state index in [0.717, 1.165) is 5.56 Å². The smallest absolute Gasteiger partial charge is 0.338 e. The van der Waals surface area contributed by atoms with E-state index in [4.69, 9.17) is 14.2 Å². The van der Waals surface area contributed by atoms with Crippen molar-refractivity contribution in [3.05, 3.63) is 29.3 Å². The minimum absolute atomic E-state index is 0.213. The van der Waals surface area contributed by atoms with Gasteiger partial charge in [0.2, 0.25) is 0 Å². The molecule has 0 aliphatic carbocycles. The number of carbonyl (C=O) groups excluding carboxylic acids is 2. The summed E-state index contributed by atoms with van der Waals surface area (Å²) in [5, 5.41) is 0. The first-order chi connectivity index (χ1) is 10.1. The van der Waals surface area contributed by atoms with Crippen LogP contribution in [0.3, 0.4) is 0 Å². The van der Waals surface area contributed by atoms with E-state index in [-0.39, 0.29) is 11.9 Å². The van der Waals surface area contributed by atoms with E-state index in [1.807, 2.05) is 6.92 Å². The molecule has 5 heteroatoms. The average molecular weight is 294 g/mol. The first-order valence-corrected chi connectivity index (χ1v) is 7.14. The van der Waals surface area contributed by atoms with Gasteiger partial charge < -0.3 is 14.2 Å². The maximum Gasteiger partial charge on any atom is 0.338 e. The van der Waals surface area contributed by atoms with Crippen molar-refractivity contribution in [2.45, 2.75) is 33.6 Å². The van der Waals surface area contributed by atoms with Crippen LogP contribution >= 0.6 is 0 Å². The highest BCUT2D eigenvalue weighted by Gasteiger charge is 2.09. The molecule has 0 bridgehead atoms. The Hall–Kier alpha value is -2.04. The summed E-state index contributed by atoms with van der Waals surface area (Å²) in [4.78, 5) is 22.8. The summed E-state index contributed by atoms with van der Waals surface area (Å²) >= 11 is 0. The van der Waals surface area contributed by atoms with Crippen molar-refractivity contribution < 1.29 is 23.8 Å². The summed E-state index contributed by atoms with van der Waals surface area (Å²) < 4.78 is 15.4. The van der Waals surface area contributed by atoms with E-state index in [9.17, 15) is 9.59 Å². The first kappa shape index (κ1) is 17.0. The Morgan fingerprint density at radius 3 is 2.43 bits per heavy atom. The molecule has 1 rings (SSSR count). The van der Waals surface area contributed by atoms with Crippen molar-refractivity contribution in [1.29, 1.82) is 0 Å². The van der Waals surface area contributed by atoms with E-state index < -0.39 is 0 Å². The van der Waals surface area contributed by atoms with Crippen molar-refractivity contribution in [1.82, 2.24) is 0 Å². The maximum absolute atomic E-state index is 11.6. The molecular weight excluding hydrogens is 272 g/mol. The molecule has 0 spiro atoms. The first-order valence-electron chi connectivity index (χ1n) is 7.14. The van der Waals surface area contributed by atoms with Crippen LogP contribution in [-0.4, -0.2) is 31.8 Å². The van der Waals surface area contributed by atoms with Gasteiger partial charge in [0.1, 0.15) is 5.75 Å². The third-order valence-corrected chi connectivity index (χ3v) is 2.77. The number of carbonyl (C=O) groups is 2. The van der Waals surface area contributed by atoms with Crippen LogP contribution < -0.4 is 4.74 Å². The minimum Gasteiger partial charge on any atom is -0.493 e. The van der Waals surface area contributed by atoms with Gasteiger partial charge in [-0.3, -0.25) is 4.79 Å². The topological polar surface area (TPSA) is 61.8 Å². The van der Waals surface area contributed by atoms with Crippen LogP contribution in [0.15, 0.2) is 18.2 Å². The normalized spacial score (nSPS) is 10.0. The second-order valence-electron chi connectivity index (χ2n) is 4.46. The van der Waals surface area contributed by atoms with E-state index >= 15 is 0 Å². The molecule has 0 N–H and O–H groups in total. The summed E-state index contributed by atoms with van der Waals surface area (Å²) in [5.41, 5.74) is 1.37. The number of hydrogen-bond acceptors (Lipinski definition) is 5. The third-order valence-electron chi connectivity index (χ3n) is 2.77. The summed E-state index contributed by atoms with van der Waals surface area (Å²) in [6.07, 6.45) is 0.936. The predicted octanol–water partition coefficient (Wildman–Crippen LogP) is 2.89. The zero-order chi connectivity index (χ0) is 15.7. The molecule has 1 aromatic carbocycles. The molecule has 0 radical (unpaired) electrons. The van der Waals surface area contributed by atoms with Gasteiger partial charge >= 0.3 is 11.9 Å². The lowest BCUT2D eigenvalue weighted by molar-refractivity contribution is -0.143. The molecular formula is C16H22O5. The predicted molar refractivity (Wildman–Crippen MR) is 78.5 cm³/mol. The molecule has 0 unspecified atom stereocenters. The van der Waals surface area contributed by atoms with E-state index in [1.54, 1.807) is 32.0 Å². The van der Waals surface area contributed by atoms with Crippen molar-refractivity contribution in [2.24, 2.45) is 0 Å². The van der Waals surface area contributed by atoms with E-state index in [2.05, 4.69) is 0 Å². The molecule has 0 heterocycles. The highest BCUT2D eigenvalue weighted by molar-refractivity contribution is 5.89. The SMILES string of the molecule is CCOC(=O)CCCOc1ccc(C(=O)OCC)cc1C. The lowest BCUT2D eigenvalue weighted by atomic mass is 10.1. The van der Waals surface area contributed by atoms with Gasteiger partial charge in [-0.2, -0.15) is 0 Å². The molecule has 0 saturated heterocycles. The van der Waals surface area contributed by atoms with Crippen LogP contribution in [-0.2, 0) is 14.3 Å². The van der Waals surface area contributed by atoms with Gasteiger partial charge in [0.15, 0.2) is 0 Å². The molecule has 0 saturated carbocycles. The summed E-state index contributed by atoms with van der Waals surface area (Å²) in [5.74, 6) is 0.150. The Labute approximate surface area is 125 Å². The minimum atomic E-state index is -0.338. The zero-order valence-electron chi connectivity index (χ0n) is 12.8. The van der Waals surface area contributed by atoms with Crippen LogP contribution in [0.2, 0.25) is 0 Å². The molecule has 5 nitrogen and oxygen atoms in total. The fourth-order valence-electron chi connectivity index (χ4n) is 1.78. The van der Waals surface area contributed by atoms with Crippen LogP contribution in [0.5, 0.6) is 5.75 Å². The molecule has 116 valence electrons. The Bertz CT molecular complexity index is 482. The summed E-state index contributed by atoms with van der Waals surface area (Å²) in [7, 11) is 0. The molecule has 0 atom stereocenters. The lowest BCUT2D eigenvalue weighted by Gasteiger charge is -2.10. The monoisotopic (exact) mass is 294 g/mol. The maximum atomic E-state index is 11.6. The van der Waals surface area contributed by atoms with Crippen molar-refractivity contribution in [2.75, 3.05) is 19.8 Å². The second kappa shape index (κ2) is 9.00. The largest absolute Gasteiger partial charge is 0.493 e. The number of benzene rings is 1. The number of hydrogen-bond donors (Lipinski definition) is 0. The third kappa shape index (κ3) is 5.85. The highest BCUT2D eigenvalue weighted by atomic mass is 16.5. The Morgan fingerprint density at radius 2 is 1.81 bits per heavy atom. The highest BCUT2D eigenvalue weighted by Crippen LogP contribution is 2.20. The van der Waals surface area contributed by atoms with Gasteiger partial charge in [0.25, 0.3) is 0 Å². The Kier molecular flexibility index (Phi) is 7.29. The number of ether oxygens (including phenoxy) is 3. The van der Waals surface area contributed by atoms with Gasteiger partial charge in [0, 0.05) is 6.42 Å². The van der Waals surface area contributed by atoms with Crippen LogP contribution in [0.25, 0.3) is 0 Å². The summed E-state index contributed by atoms with van der Waals surface area (Å²) in [6.45, 7) is 6.59. The summed E-state index contributed by atoms with van der Waals surface area (Å²) in [6, 6.07) is 5.15. The van der Waals surface area contributed by atoms with Gasteiger partial charge in [0.05, 0.1) is 25.4 Å².